The van der Waals surface area contributed by atoms with E-state index in [0.717, 1.165) is 0 Å². The molecule has 1 heterocycles. The Morgan fingerprint density at radius 3 is 2.38 bits per heavy atom. The summed E-state index contributed by atoms with van der Waals surface area (Å²) in [5, 5.41) is 0. The highest BCUT2D eigenvalue weighted by atomic mass is 32.2. The van der Waals surface area contributed by atoms with Crippen molar-refractivity contribution in [3.05, 3.63) is 78.3 Å². The van der Waals surface area contributed by atoms with Crippen molar-refractivity contribution in [1.29, 1.82) is 0 Å². The van der Waals surface area contributed by atoms with Crippen LogP contribution in [-0.2, 0) is 16.6 Å². The van der Waals surface area contributed by atoms with Gasteiger partial charge in [-0.05, 0) is 54.6 Å². The van der Waals surface area contributed by atoms with Gasteiger partial charge in [-0.3, -0.25) is 9.10 Å². The predicted octanol–water partition coefficient (Wildman–Crippen LogP) is 3.39. The van der Waals surface area contributed by atoms with Crippen molar-refractivity contribution >= 4 is 21.6 Å². The van der Waals surface area contributed by atoms with Gasteiger partial charge in [-0.15, -0.1) is 0 Å². The first-order valence-corrected chi connectivity index (χ1v) is 10.3. The molecule has 152 valence electrons. The van der Waals surface area contributed by atoms with Crippen LogP contribution in [0.3, 0.4) is 0 Å². The minimum atomic E-state index is -3.84. The quantitative estimate of drug-likeness (QED) is 0.592. The summed E-state index contributed by atoms with van der Waals surface area (Å²) in [6.07, 6.45) is 1.54. The lowest BCUT2D eigenvalue weighted by atomic mass is 10.2. The van der Waals surface area contributed by atoms with Crippen molar-refractivity contribution in [1.82, 2.24) is 4.90 Å². The molecule has 0 aliphatic rings. The first kappa shape index (κ1) is 20.5. The Bertz CT molecular complexity index is 1080. The van der Waals surface area contributed by atoms with E-state index in [1.807, 2.05) is 0 Å². The number of hydrogen-bond donors (Lipinski definition) is 0. The van der Waals surface area contributed by atoms with E-state index in [0.29, 0.717) is 17.2 Å². The molecule has 0 aliphatic heterocycles. The van der Waals surface area contributed by atoms with Crippen LogP contribution in [-0.4, -0.2) is 40.4 Å². The number of ether oxygens (including phenoxy) is 1. The third-order valence-electron chi connectivity index (χ3n) is 4.50. The van der Waals surface area contributed by atoms with Crippen LogP contribution in [0.4, 0.5) is 5.69 Å². The van der Waals surface area contributed by atoms with Crippen molar-refractivity contribution in [2.24, 2.45) is 0 Å². The Morgan fingerprint density at radius 1 is 1.03 bits per heavy atom. The molecule has 0 bridgehead atoms. The number of nitrogens with zero attached hydrogens (tertiary/aromatic N) is 2. The number of carbonyl (C=O) groups excluding carboxylic acids is 1. The molecule has 0 saturated carbocycles. The summed E-state index contributed by atoms with van der Waals surface area (Å²) in [5.41, 5.74) is 0.765. The van der Waals surface area contributed by atoms with Gasteiger partial charge in [0.2, 0.25) is 0 Å². The van der Waals surface area contributed by atoms with Crippen LogP contribution in [0.1, 0.15) is 16.1 Å². The second-order valence-electron chi connectivity index (χ2n) is 6.44. The van der Waals surface area contributed by atoms with E-state index in [2.05, 4.69) is 0 Å². The summed E-state index contributed by atoms with van der Waals surface area (Å²) in [6.45, 7) is 0.286. The average Bonchev–Trinajstić information content (AvgIpc) is 3.25. The molecule has 7 nitrogen and oxygen atoms in total. The van der Waals surface area contributed by atoms with Crippen molar-refractivity contribution in [3.63, 3.8) is 0 Å². The highest BCUT2D eigenvalue weighted by molar-refractivity contribution is 7.92. The molecule has 0 radical (unpaired) electrons. The van der Waals surface area contributed by atoms with Gasteiger partial charge in [0.15, 0.2) is 0 Å². The van der Waals surface area contributed by atoms with Crippen LogP contribution in [0.15, 0.2) is 76.2 Å². The van der Waals surface area contributed by atoms with Crippen LogP contribution in [0, 0.1) is 0 Å². The van der Waals surface area contributed by atoms with Gasteiger partial charge in [0.1, 0.15) is 11.5 Å². The number of benzene rings is 2. The zero-order valence-electron chi connectivity index (χ0n) is 16.4. The molecule has 3 rings (SSSR count). The van der Waals surface area contributed by atoms with Gasteiger partial charge in [0, 0.05) is 19.7 Å². The maximum Gasteiger partial charge on any atom is 0.264 e. The second-order valence-corrected chi connectivity index (χ2v) is 8.41. The fourth-order valence-electron chi connectivity index (χ4n) is 2.81. The topological polar surface area (TPSA) is 80.1 Å². The molecule has 0 aliphatic carbocycles. The van der Waals surface area contributed by atoms with Crippen LogP contribution in [0.2, 0.25) is 0 Å². The number of methoxy groups -OCH3 is 1. The first-order chi connectivity index (χ1) is 13.8. The van der Waals surface area contributed by atoms with Gasteiger partial charge < -0.3 is 14.1 Å². The Kier molecular flexibility index (Phi) is 5.93. The van der Waals surface area contributed by atoms with Crippen LogP contribution in [0.5, 0.6) is 5.75 Å². The molecule has 3 aromatic rings. The normalized spacial score (nSPS) is 11.1. The number of rotatable bonds is 7. The van der Waals surface area contributed by atoms with E-state index in [9.17, 15) is 13.2 Å². The van der Waals surface area contributed by atoms with Crippen molar-refractivity contribution in [2.45, 2.75) is 11.4 Å². The molecular weight excluding hydrogens is 392 g/mol. The molecule has 0 atom stereocenters. The van der Waals surface area contributed by atoms with E-state index in [4.69, 9.17) is 9.15 Å². The second kappa shape index (κ2) is 8.40. The third-order valence-corrected chi connectivity index (χ3v) is 6.28. The van der Waals surface area contributed by atoms with E-state index in [1.54, 1.807) is 62.7 Å². The van der Waals surface area contributed by atoms with Crippen molar-refractivity contribution in [2.75, 3.05) is 25.5 Å². The molecule has 0 unspecified atom stereocenters. The number of hydrogen-bond acceptors (Lipinski definition) is 5. The van der Waals surface area contributed by atoms with Gasteiger partial charge in [-0.25, -0.2) is 8.42 Å². The Balaban J connectivity index is 1.83. The minimum Gasteiger partial charge on any atom is -0.497 e. The van der Waals surface area contributed by atoms with Gasteiger partial charge in [-0.1, -0.05) is 6.07 Å². The van der Waals surface area contributed by atoms with Crippen LogP contribution >= 0.6 is 0 Å². The number of sulfonamides is 1. The van der Waals surface area contributed by atoms with E-state index in [-0.39, 0.29) is 22.9 Å². The van der Waals surface area contributed by atoms with Gasteiger partial charge >= 0.3 is 0 Å². The van der Waals surface area contributed by atoms with E-state index >= 15 is 0 Å². The maximum absolute atomic E-state index is 13.0. The fourth-order valence-corrected chi connectivity index (χ4v) is 4.05. The third kappa shape index (κ3) is 4.43. The summed E-state index contributed by atoms with van der Waals surface area (Å²) in [4.78, 5) is 14.2. The van der Waals surface area contributed by atoms with E-state index < -0.39 is 10.0 Å². The SMILES string of the molecule is COc1ccc(N(C)S(=O)(=O)c2cccc(C(=O)N(C)Cc3ccco3)c2)cc1. The maximum atomic E-state index is 13.0. The lowest BCUT2D eigenvalue weighted by Crippen LogP contribution is -2.28. The molecule has 0 saturated heterocycles. The highest BCUT2D eigenvalue weighted by Crippen LogP contribution is 2.25. The molecule has 0 N–H and O–H groups in total. The summed E-state index contributed by atoms with van der Waals surface area (Å²) in [7, 11) is 0.804. The smallest absolute Gasteiger partial charge is 0.264 e. The van der Waals surface area contributed by atoms with Gasteiger partial charge in [-0.2, -0.15) is 0 Å². The van der Waals surface area contributed by atoms with Crippen LogP contribution < -0.4 is 9.04 Å². The lowest BCUT2D eigenvalue weighted by molar-refractivity contribution is 0.0775. The molecular formula is C21H22N2O5S. The Morgan fingerprint density at radius 2 is 1.76 bits per heavy atom. The Hall–Kier alpha value is -3.26. The number of carbonyl (C=O) groups is 1. The summed E-state index contributed by atoms with van der Waals surface area (Å²) in [5.74, 6) is 0.973. The molecule has 2 aromatic carbocycles. The predicted molar refractivity (Wildman–Crippen MR) is 110 cm³/mol. The average molecular weight is 414 g/mol. The number of amides is 1. The van der Waals surface area contributed by atoms with Crippen LogP contribution in [0.25, 0.3) is 0 Å². The fraction of sp³-hybridized carbons (Fsp3) is 0.190. The number of anilines is 1. The molecule has 0 fully saturated rings. The number of furan rings is 1. The summed E-state index contributed by atoms with van der Waals surface area (Å²) >= 11 is 0. The van der Waals surface area contributed by atoms with E-state index in [1.165, 1.54) is 34.6 Å². The summed E-state index contributed by atoms with van der Waals surface area (Å²) < 4.78 is 37.6. The lowest BCUT2D eigenvalue weighted by Gasteiger charge is -2.21. The zero-order chi connectivity index (χ0) is 21.0. The zero-order valence-corrected chi connectivity index (χ0v) is 17.2. The molecule has 0 spiro atoms. The monoisotopic (exact) mass is 414 g/mol. The first-order valence-electron chi connectivity index (χ1n) is 8.84. The standard InChI is InChI=1S/C21H22N2O5S/c1-22(15-19-7-5-13-28-19)21(24)16-6-4-8-20(14-16)29(25,26)23(2)17-9-11-18(27-3)12-10-17/h4-14H,15H2,1-3H3. The Labute approximate surface area is 170 Å². The van der Waals surface area contributed by atoms with Gasteiger partial charge in [0.25, 0.3) is 15.9 Å². The molecule has 8 heteroatoms. The molecule has 1 amide bonds. The summed E-state index contributed by atoms with van der Waals surface area (Å²) in [6, 6.07) is 16.2. The molecule has 29 heavy (non-hydrogen) atoms. The largest absolute Gasteiger partial charge is 0.497 e. The van der Waals surface area contributed by atoms with Crippen molar-refractivity contribution in [3.8, 4) is 5.75 Å². The minimum absolute atomic E-state index is 0.0352. The van der Waals surface area contributed by atoms with Gasteiger partial charge in [0.05, 0.1) is 30.5 Å². The molecule has 1 aromatic heterocycles. The van der Waals surface area contributed by atoms with Crippen molar-refractivity contribution < 1.29 is 22.4 Å². The highest BCUT2D eigenvalue weighted by Gasteiger charge is 2.23.